The van der Waals surface area contributed by atoms with E-state index in [0.29, 0.717) is 0 Å². The molecular weight excluding hydrogens is 364 g/mol. The lowest BCUT2D eigenvalue weighted by Gasteiger charge is -2.50. The Kier molecular flexibility index (Phi) is 5.29. The van der Waals surface area contributed by atoms with Gasteiger partial charge in [-0.1, -0.05) is 60.7 Å². The Morgan fingerprint density at radius 3 is 2.36 bits per heavy atom. The molecule has 2 aliphatic rings. The number of aliphatic hydroxyl groups is 2. The van der Waals surface area contributed by atoms with Gasteiger partial charge in [0.05, 0.1) is 6.61 Å². The highest BCUT2D eigenvalue weighted by atomic mass is 16.8. The molecule has 2 fully saturated rings. The first kappa shape index (κ1) is 19.2. The summed E-state index contributed by atoms with van der Waals surface area (Å²) in [5, 5.41) is 22.3. The van der Waals surface area contributed by atoms with Gasteiger partial charge in [0.1, 0.15) is 18.3 Å². The van der Waals surface area contributed by atoms with Crippen molar-refractivity contribution in [1.29, 1.82) is 0 Å². The molecule has 7 nitrogen and oxygen atoms in total. The first-order chi connectivity index (χ1) is 13.6. The van der Waals surface area contributed by atoms with E-state index in [9.17, 15) is 15.0 Å². The maximum Gasteiger partial charge on any atom is 0.207 e. The van der Waals surface area contributed by atoms with Crippen LogP contribution in [0.4, 0.5) is 0 Å². The topological polar surface area (TPSA) is 94.5 Å². The minimum absolute atomic E-state index is 0.122. The first-order valence-electron chi connectivity index (χ1n) is 9.06. The molecule has 0 aliphatic carbocycles. The predicted molar refractivity (Wildman–Crippen MR) is 97.4 cm³/mol. The van der Waals surface area contributed by atoms with Gasteiger partial charge in [-0.3, -0.25) is 4.79 Å². The van der Waals surface area contributed by atoms with Gasteiger partial charge in [-0.2, -0.15) is 0 Å². The monoisotopic (exact) mass is 386 g/mol. The molecule has 0 saturated carbocycles. The molecule has 148 valence electrons. The van der Waals surface area contributed by atoms with Gasteiger partial charge in [0.2, 0.25) is 11.4 Å². The number of carbonyl (C=O) groups is 1. The Morgan fingerprint density at radius 2 is 1.71 bits per heavy atom. The van der Waals surface area contributed by atoms with Crippen LogP contribution in [-0.2, 0) is 18.9 Å². The van der Waals surface area contributed by atoms with Gasteiger partial charge in [0, 0.05) is 18.2 Å². The fourth-order valence-corrected chi connectivity index (χ4v) is 3.68. The third kappa shape index (κ3) is 3.16. The van der Waals surface area contributed by atoms with Crippen LogP contribution in [0, 0.1) is 0 Å². The van der Waals surface area contributed by atoms with Gasteiger partial charge in [0.25, 0.3) is 0 Å². The van der Waals surface area contributed by atoms with E-state index in [1.807, 2.05) is 30.3 Å². The normalized spacial score (nSPS) is 35.2. The van der Waals surface area contributed by atoms with Crippen LogP contribution in [0.3, 0.4) is 0 Å². The van der Waals surface area contributed by atoms with E-state index in [0.717, 1.165) is 5.56 Å². The number of ether oxygens (including phenoxy) is 4. The standard InChI is InChI=1S/C21H22O7/c1-25-20-21(24,17(22)13-8-4-2-5-9-13)18(23)16-15(27-20)12-26-19(28-16)14-10-6-3-7-11-14/h2-11,15-16,18-20,23-24H,12H2,1H3/t15-,16-,18-,19?,20+,21-/m1/s1. The molecule has 0 radical (unpaired) electrons. The van der Waals surface area contributed by atoms with Crippen LogP contribution >= 0.6 is 0 Å². The van der Waals surface area contributed by atoms with Gasteiger partial charge in [-0.15, -0.1) is 0 Å². The van der Waals surface area contributed by atoms with Crippen LogP contribution in [0.2, 0.25) is 0 Å². The smallest absolute Gasteiger partial charge is 0.207 e. The molecule has 0 spiro atoms. The third-order valence-corrected chi connectivity index (χ3v) is 5.16. The molecule has 1 unspecified atom stereocenters. The molecule has 2 saturated heterocycles. The van der Waals surface area contributed by atoms with Crippen molar-refractivity contribution in [2.24, 2.45) is 0 Å². The van der Waals surface area contributed by atoms with E-state index in [1.54, 1.807) is 30.3 Å². The minimum Gasteiger partial charge on any atom is -0.387 e. The van der Waals surface area contributed by atoms with Crippen molar-refractivity contribution in [1.82, 2.24) is 0 Å². The number of fused-ring (bicyclic) bond motifs is 1. The van der Waals surface area contributed by atoms with Gasteiger partial charge >= 0.3 is 0 Å². The molecule has 2 aromatic rings. The molecule has 6 atom stereocenters. The van der Waals surface area contributed by atoms with Crippen LogP contribution in [-0.4, -0.2) is 59.9 Å². The van der Waals surface area contributed by atoms with Crippen molar-refractivity contribution in [3.05, 3.63) is 71.8 Å². The van der Waals surface area contributed by atoms with Crippen LogP contribution in [0.1, 0.15) is 22.2 Å². The maximum absolute atomic E-state index is 13.1. The molecule has 2 aliphatic heterocycles. The fraction of sp³-hybridized carbons (Fsp3) is 0.381. The van der Waals surface area contributed by atoms with Crippen LogP contribution in [0.15, 0.2) is 60.7 Å². The number of rotatable bonds is 4. The van der Waals surface area contributed by atoms with Crippen LogP contribution in [0.25, 0.3) is 0 Å². The van der Waals surface area contributed by atoms with Crippen molar-refractivity contribution in [2.75, 3.05) is 13.7 Å². The molecular formula is C21H22O7. The largest absolute Gasteiger partial charge is 0.387 e. The van der Waals surface area contributed by atoms with Crippen LogP contribution < -0.4 is 0 Å². The number of carbonyl (C=O) groups excluding carboxylic acids is 1. The Labute approximate surface area is 162 Å². The van der Waals surface area contributed by atoms with Crippen molar-refractivity contribution in [3.8, 4) is 0 Å². The van der Waals surface area contributed by atoms with E-state index in [-0.39, 0.29) is 12.2 Å². The van der Waals surface area contributed by atoms with E-state index < -0.39 is 42.3 Å². The minimum atomic E-state index is -2.32. The van der Waals surface area contributed by atoms with Crippen molar-refractivity contribution in [2.45, 2.75) is 36.5 Å². The zero-order chi connectivity index (χ0) is 19.7. The van der Waals surface area contributed by atoms with E-state index in [1.165, 1.54) is 7.11 Å². The van der Waals surface area contributed by atoms with E-state index >= 15 is 0 Å². The molecule has 2 aromatic carbocycles. The predicted octanol–water partition coefficient (Wildman–Crippen LogP) is 1.45. The highest BCUT2D eigenvalue weighted by Crippen LogP contribution is 2.39. The second kappa shape index (κ2) is 7.71. The molecule has 0 bridgehead atoms. The third-order valence-electron chi connectivity index (χ3n) is 5.16. The Bertz CT molecular complexity index is 812. The first-order valence-corrected chi connectivity index (χ1v) is 9.06. The summed E-state index contributed by atoms with van der Waals surface area (Å²) < 4.78 is 22.6. The summed E-state index contributed by atoms with van der Waals surface area (Å²) in [6.45, 7) is 0.122. The van der Waals surface area contributed by atoms with E-state index in [2.05, 4.69) is 0 Å². The zero-order valence-corrected chi connectivity index (χ0v) is 15.3. The lowest BCUT2D eigenvalue weighted by molar-refractivity contribution is -0.372. The average Bonchev–Trinajstić information content (AvgIpc) is 2.76. The number of methoxy groups -OCH3 is 1. The summed E-state index contributed by atoms with van der Waals surface area (Å²) in [4.78, 5) is 13.1. The number of ketones is 1. The summed E-state index contributed by atoms with van der Waals surface area (Å²) in [5.74, 6) is -0.697. The molecule has 28 heavy (non-hydrogen) atoms. The lowest BCUT2D eigenvalue weighted by Crippen LogP contribution is -2.71. The fourth-order valence-electron chi connectivity index (χ4n) is 3.68. The van der Waals surface area contributed by atoms with Gasteiger partial charge in [-0.25, -0.2) is 0 Å². The number of Topliss-reactive ketones (excluding diaryl/α,β-unsaturated/α-hetero) is 1. The zero-order valence-electron chi connectivity index (χ0n) is 15.3. The highest BCUT2D eigenvalue weighted by Gasteiger charge is 2.62. The number of hydrogen-bond donors (Lipinski definition) is 2. The lowest BCUT2D eigenvalue weighted by atomic mass is 9.80. The molecule has 2 N–H and O–H groups in total. The maximum atomic E-state index is 13.1. The summed E-state index contributed by atoms with van der Waals surface area (Å²) in [5.41, 5.74) is -1.32. The van der Waals surface area contributed by atoms with Crippen molar-refractivity contribution < 1.29 is 34.0 Å². The summed E-state index contributed by atoms with van der Waals surface area (Å²) in [6, 6.07) is 17.4. The molecule has 4 rings (SSSR count). The number of benzene rings is 2. The number of hydrogen-bond acceptors (Lipinski definition) is 7. The van der Waals surface area contributed by atoms with Gasteiger partial charge in [0.15, 0.2) is 12.6 Å². The Balaban J connectivity index is 1.64. The average molecular weight is 386 g/mol. The Hall–Kier alpha value is -2.13. The Morgan fingerprint density at radius 1 is 1.07 bits per heavy atom. The van der Waals surface area contributed by atoms with Crippen LogP contribution in [0.5, 0.6) is 0 Å². The van der Waals surface area contributed by atoms with E-state index in [4.69, 9.17) is 18.9 Å². The van der Waals surface area contributed by atoms with Gasteiger partial charge < -0.3 is 29.2 Å². The molecule has 0 aromatic heterocycles. The molecule has 0 amide bonds. The van der Waals surface area contributed by atoms with Crippen molar-refractivity contribution in [3.63, 3.8) is 0 Å². The quantitative estimate of drug-likeness (QED) is 0.768. The molecule has 7 heteroatoms. The summed E-state index contributed by atoms with van der Waals surface area (Å²) in [6.07, 6.45) is -5.33. The second-order valence-corrected chi connectivity index (χ2v) is 6.88. The molecule has 2 heterocycles. The summed E-state index contributed by atoms with van der Waals surface area (Å²) in [7, 11) is 1.30. The van der Waals surface area contributed by atoms with Gasteiger partial charge in [-0.05, 0) is 0 Å². The second-order valence-electron chi connectivity index (χ2n) is 6.88. The highest BCUT2D eigenvalue weighted by molar-refractivity contribution is 6.03. The SMILES string of the molecule is CO[C@H]1O[C@@H]2COC(c3ccccc3)O[C@H]2[C@@H](O)[C@]1(O)C(=O)c1ccccc1. The van der Waals surface area contributed by atoms with Crippen molar-refractivity contribution >= 4 is 5.78 Å². The number of aliphatic hydroxyl groups excluding tert-OH is 1. The summed E-state index contributed by atoms with van der Waals surface area (Å²) >= 11 is 0.